The number of carbonyl (C=O) groups excluding carboxylic acids is 5. The molecule has 78 heavy (non-hydrogen) atoms. The summed E-state index contributed by atoms with van der Waals surface area (Å²) in [6, 6.07) is 24.2. The zero-order valence-corrected chi connectivity index (χ0v) is 44.6. The van der Waals surface area contributed by atoms with Crippen molar-refractivity contribution in [2.24, 2.45) is 0 Å². The standard InChI is InChI=1S/C58H73N11O9/c1-41(61-54(72)44-8-6-9-46(38-44)64-58(21-25-60-26-22-58)57-63-53(65-66-57)43-19-23-59-24-20-43)42-11-14-48(15-12-42)78-33-5-3-2-4-31-75-34-36-77-37-35-76-32-7-10-52(71)68-29-27-67(28-30-68)47-13-16-49-45(39-47)40-69(56(49)74)50-17-18-51(70)62-55(50)73/h6,8-9,11-16,19-20,23-24,38-39,41,50,60,64H,2-5,7,10,17-18,21-22,25-37,40H2,1H3,(H,61,72)(H,62,70,73)(H,63,65,66)/t41-,50?/m1/s1. The van der Waals surface area contributed by atoms with E-state index in [0.29, 0.717) is 115 Å². The normalized spacial score (nSPS) is 17.6. The van der Waals surface area contributed by atoms with Crippen molar-refractivity contribution in [3.63, 3.8) is 0 Å². The van der Waals surface area contributed by atoms with Crippen molar-refractivity contribution < 1.29 is 42.9 Å². The summed E-state index contributed by atoms with van der Waals surface area (Å²) in [6.45, 7) is 10.3. The molecule has 3 aromatic carbocycles. The van der Waals surface area contributed by atoms with Gasteiger partial charge in [-0.25, -0.2) is 0 Å². The Morgan fingerprint density at radius 1 is 0.782 bits per heavy atom. The number of amides is 5. The summed E-state index contributed by atoms with van der Waals surface area (Å²) in [5.41, 5.74) is 5.28. The Morgan fingerprint density at radius 2 is 1.50 bits per heavy atom. The van der Waals surface area contributed by atoms with Crippen molar-refractivity contribution in [2.45, 2.75) is 95.3 Å². The van der Waals surface area contributed by atoms with Crippen LogP contribution in [-0.4, -0.2) is 151 Å². The fourth-order valence-electron chi connectivity index (χ4n) is 10.5. The van der Waals surface area contributed by atoms with Gasteiger partial charge in [0.05, 0.1) is 44.6 Å². The summed E-state index contributed by atoms with van der Waals surface area (Å²) in [6.07, 6.45) is 10.7. The van der Waals surface area contributed by atoms with Gasteiger partial charge in [-0.2, -0.15) is 0 Å². The highest BCUT2D eigenvalue weighted by Crippen LogP contribution is 2.35. The molecule has 5 N–H and O–H groups in total. The minimum Gasteiger partial charge on any atom is -0.494 e. The molecule has 5 aromatic rings. The zero-order chi connectivity index (χ0) is 54.1. The number of piperidine rings is 2. The molecule has 0 bridgehead atoms. The fraction of sp³-hybridized carbons (Fsp3) is 0.483. The lowest BCUT2D eigenvalue weighted by Crippen LogP contribution is -2.52. The molecule has 3 saturated heterocycles. The molecule has 3 fully saturated rings. The number of aromatic nitrogens is 4. The molecule has 6 heterocycles. The van der Waals surface area contributed by atoms with Crippen molar-refractivity contribution in [3.05, 3.63) is 119 Å². The molecule has 5 amide bonds. The lowest BCUT2D eigenvalue weighted by molar-refractivity contribution is -0.137. The molecule has 0 aliphatic carbocycles. The number of H-pyrrole nitrogens is 1. The van der Waals surface area contributed by atoms with Gasteiger partial charge < -0.3 is 54.6 Å². The Labute approximate surface area is 455 Å². The van der Waals surface area contributed by atoms with Crippen LogP contribution < -0.4 is 30.9 Å². The first kappa shape index (κ1) is 55.5. The predicted molar refractivity (Wildman–Crippen MR) is 293 cm³/mol. The van der Waals surface area contributed by atoms with Crippen molar-refractivity contribution in [1.82, 2.24) is 45.9 Å². The van der Waals surface area contributed by atoms with Crippen LogP contribution in [0.15, 0.2) is 91.3 Å². The summed E-state index contributed by atoms with van der Waals surface area (Å²) >= 11 is 0. The number of nitrogens with one attached hydrogen (secondary N) is 5. The average Bonchev–Trinajstić information content (AvgIpc) is 4.11. The molecule has 2 aromatic heterocycles. The van der Waals surface area contributed by atoms with Gasteiger partial charge in [0.25, 0.3) is 11.8 Å². The molecular formula is C58H73N11O9. The monoisotopic (exact) mass is 1070 g/mol. The quantitative estimate of drug-likeness (QED) is 0.0303. The van der Waals surface area contributed by atoms with Crippen LogP contribution in [0.3, 0.4) is 0 Å². The van der Waals surface area contributed by atoms with E-state index < -0.39 is 17.5 Å². The van der Waals surface area contributed by atoms with E-state index in [1.165, 1.54) is 0 Å². The van der Waals surface area contributed by atoms with Gasteiger partial charge in [0, 0.05) is 99.2 Å². The summed E-state index contributed by atoms with van der Waals surface area (Å²) < 4.78 is 23.1. The number of pyridine rings is 1. The van der Waals surface area contributed by atoms with E-state index in [0.717, 1.165) is 91.3 Å². The topological polar surface area (TPSA) is 235 Å². The molecule has 20 nitrogen and oxygen atoms in total. The van der Waals surface area contributed by atoms with Crippen LogP contribution >= 0.6 is 0 Å². The fourth-order valence-corrected chi connectivity index (χ4v) is 10.5. The van der Waals surface area contributed by atoms with Gasteiger partial charge >= 0.3 is 0 Å². The van der Waals surface area contributed by atoms with Crippen molar-refractivity contribution >= 4 is 40.9 Å². The second-order valence-electron chi connectivity index (χ2n) is 20.4. The molecule has 20 heteroatoms. The van der Waals surface area contributed by atoms with Gasteiger partial charge in [0.2, 0.25) is 17.7 Å². The lowest BCUT2D eigenvalue weighted by atomic mass is 9.87. The maximum absolute atomic E-state index is 13.5. The van der Waals surface area contributed by atoms with Crippen LogP contribution in [0.1, 0.15) is 115 Å². The molecule has 0 spiro atoms. The van der Waals surface area contributed by atoms with E-state index >= 15 is 0 Å². The Kier molecular flexibility index (Phi) is 19.5. The van der Waals surface area contributed by atoms with Crippen molar-refractivity contribution in [3.8, 4) is 17.1 Å². The first-order valence-electron chi connectivity index (χ1n) is 27.6. The Hall–Kier alpha value is -7.26. The van der Waals surface area contributed by atoms with E-state index in [9.17, 15) is 24.0 Å². The largest absolute Gasteiger partial charge is 0.494 e. The highest BCUT2D eigenvalue weighted by molar-refractivity contribution is 6.05. The van der Waals surface area contributed by atoms with Crippen LogP contribution in [-0.2, 0) is 40.7 Å². The number of hydrogen-bond acceptors (Lipinski definition) is 15. The summed E-state index contributed by atoms with van der Waals surface area (Å²) in [4.78, 5) is 76.8. The molecule has 414 valence electrons. The smallest absolute Gasteiger partial charge is 0.255 e. The molecule has 1 unspecified atom stereocenters. The summed E-state index contributed by atoms with van der Waals surface area (Å²) in [7, 11) is 0. The number of nitrogens with zero attached hydrogens (tertiary/aromatic N) is 6. The third kappa shape index (κ3) is 14.6. The van der Waals surface area contributed by atoms with Crippen LogP contribution in [0.4, 0.5) is 11.4 Å². The van der Waals surface area contributed by atoms with Gasteiger partial charge in [0.15, 0.2) is 11.6 Å². The number of ether oxygens (including phenoxy) is 4. The van der Waals surface area contributed by atoms with Gasteiger partial charge in [-0.3, -0.25) is 34.3 Å². The van der Waals surface area contributed by atoms with E-state index in [1.54, 1.807) is 17.3 Å². The van der Waals surface area contributed by atoms with Gasteiger partial charge in [-0.1, -0.05) is 24.6 Å². The first-order valence-corrected chi connectivity index (χ1v) is 27.6. The Morgan fingerprint density at radius 3 is 2.24 bits per heavy atom. The van der Waals surface area contributed by atoms with E-state index in [-0.39, 0.29) is 36.1 Å². The van der Waals surface area contributed by atoms with E-state index in [1.807, 2.05) is 90.7 Å². The number of fused-ring (bicyclic) bond motifs is 1. The summed E-state index contributed by atoms with van der Waals surface area (Å²) in [5, 5.41) is 21.7. The number of unbranched alkanes of at least 4 members (excludes halogenated alkanes) is 3. The molecule has 0 saturated carbocycles. The van der Waals surface area contributed by atoms with Gasteiger partial charge in [-0.15, -0.1) is 10.2 Å². The minimum atomic E-state index is -0.638. The van der Waals surface area contributed by atoms with E-state index in [4.69, 9.17) is 18.9 Å². The molecule has 4 aliphatic heterocycles. The SMILES string of the molecule is C[C@@H](NC(=O)c1cccc(NC2(c3nnc(-c4ccncc4)[nH]3)CCNCC2)c1)c1ccc(OCCCCCCOCCOCCOCCCC(=O)N2CCN(c3ccc4c(c3)CN(C3CCC(=O)NC3=O)C4=O)CC2)cc1. The highest BCUT2D eigenvalue weighted by atomic mass is 16.5. The second-order valence-corrected chi connectivity index (χ2v) is 20.4. The van der Waals surface area contributed by atoms with Crippen molar-refractivity contribution in [1.29, 1.82) is 0 Å². The highest BCUT2D eigenvalue weighted by Gasteiger charge is 2.40. The van der Waals surface area contributed by atoms with Crippen LogP contribution in [0.5, 0.6) is 5.75 Å². The van der Waals surface area contributed by atoms with Crippen molar-refractivity contribution in [2.75, 3.05) is 95.7 Å². The Balaban J connectivity index is 0.563. The van der Waals surface area contributed by atoms with E-state index in [2.05, 4.69) is 46.3 Å². The molecule has 9 rings (SSSR count). The molecule has 2 atom stereocenters. The Bertz CT molecular complexity index is 2800. The van der Waals surface area contributed by atoms with Gasteiger partial charge in [-0.05, 0) is 137 Å². The molecule has 0 radical (unpaired) electrons. The minimum absolute atomic E-state index is 0.119. The van der Waals surface area contributed by atoms with Crippen LogP contribution in [0, 0.1) is 0 Å². The van der Waals surface area contributed by atoms with Crippen LogP contribution in [0.2, 0.25) is 0 Å². The zero-order valence-electron chi connectivity index (χ0n) is 44.6. The number of benzene rings is 3. The number of rotatable bonds is 27. The third-order valence-electron chi connectivity index (χ3n) is 15.0. The predicted octanol–water partition coefficient (Wildman–Crippen LogP) is 5.93. The lowest BCUT2D eigenvalue weighted by Gasteiger charge is -2.37. The average molecular weight is 1070 g/mol. The maximum atomic E-state index is 13.5. The number of piperazine rings is 1. The number of hydrogen-bond donors (Lipinski definition) is 5. The first-order chi connectivity index (χ1) is 38.1. The summed E-state index contributed by atoms with van der Waals surface area (Å²) in [5.74, 6) is 1.31. The van der Waals surface area contributed by atoms with Gasteiger partial charge in [0.1, 0.15) is 11.8 Å². The second kappa shape index (κ2) is 27.4. The molecular weight excluding hydrogens is 995 g/mol. The maximum Gasteiger partial charge on any atom is 0.255 e. The molecule has 4 aliphatic rings. The number of imide groups is 1. The number of aromatic amines is 1. The number of anilines is 2. The third-order valence-corrected chi connectivity index (χ3v) is 15.0. The number of carbonyl (C=O) groups is 5. The van der Waals surface area contributed by atoms with Crippen LogP contribution in [0.25, 0.3) is 11.4 Å².